The largest absolute Gasteiger partial charge is 0.368 e. The lowest BCUT2D eigenvalue weighted by molar-refractivity contribution is 0.518. The summed E-state index contributed by atoms with van der Waals surface area (Å²) in [6.45, 7) is 0.852. The third-order valence-corrected chi connectivity index (χ3v) is 3.58. The number of nitrogens with two attached hydrogens (primary N) is 1. The van der Waals surface area contributed by atoms with Crippen LogP contribution in [0.25, 0.3) is 5.95 Å². The zero-order valence-corrected chi connectivity index (χ0v) is 11.2. The molecular formula is C12H18N8. The molecule has 106 valence electrons. The second-order valence-corrected chi connectivity index (χ2v) is 5.02. The van der Waals surface area contributed by atoms with Crippen molar-refractivity contribution in [1.82, 2.24) is 29.7 Å². The Labute approximate surface area is 116 Å². The van der Waals surface area contributed by atoms with Crippen LogP contribution >= 0.6 is 0 Å². The molecule has 0 atom stereocenters. The third-order valence-electron chi connectivity index (χ3n) is 3.58. The first-order valence-electron chi connectivity index (χ1n) is 6.92. The minimum Gasteiger partial charge on any atom is -0.368 e. The van der Waals surface area contributed by atoms with E-state index in [1.54, 1.807) is 0 Å². The van der Waals surface area contributed by atoms with Gasteiger partial charge in [0.05, 0.1) is 0 Å². The number of aromatic nitrogens is 6. The standard InChI is InChI=1S/C12H18N8/c13-10-17-11(15-6-5-9-3-1-2-4-9)19-12(18-10)20-8-14-7-16-20/h7-9H,1-6H2,(H3,13,15,17,18,19). The molecule has 0 amide bonds. The van der Waals surface area contributed by atoms with Gasteiger partial charge in [0.2, 0.25) is 11.9 Å². The summed E-state index contributed by atoms with van der Waals surface area (Å²) in [5.41, 5.74) is 5.70. The Morgan fingerprint density at radius 2 is 2.10 bits per heavy atom. The lowest BCUT2D eigenvalue weighted by Crippen LogP contribution is -2.13. The number of hydrogen-bond acceptors (Lipinski definition) is 7. The van der Waals surface area contributed by atoms with E-state index < -0.39 is 0 Å². The van der Waals surface area contributed by atoms with E-state index in [1.165, 1.54) is 43.0 Å². The molecule has 0 aromatic carbocycles. The average Bonchev–Trinajstić information content (AvgIpc) is 3.11. The Morgan fingerprint density at radius 3 is 2.85 bits per heavy atom. The van der Waals surface area contributed by atoms with Crippen LogP contribution in [0, 0.1) is 5.92 Å². The molecule has 3 rings (SSSR count). The number of nitrogen functional groups attached to an aromatic ring is 1. The fraction of sp³-hybridized carbons (Fsp3) is 0.583. The fourth-order valence-electron chi connectivity index (χ4n) is 2.56. The van der Waals surface area contributed by atoms with Crippen molar-refractivity contribution in [3.8, 4) is 5.95 Å². The zero-order chi connectivity index (χ0) is 13.8. The van der Waals surface area contributed by atoms with Crippen molar-refractivity contribution in [3.63, 3.8) is 0 Å². The van der Waals surface area contributed by atoms with Crippen LogP contribution in [0.5, 0.6) is 0 Å². The van der Waals surface area contributed by atoms with Crippen molar-refractivity contribution in [1.29, 1.82) is 0 Å². The molecule has 2 aromatic heterocycles. The van der Waals surface area contributed by atoms with E-state index in [-0.39, 0.29) is 5.95 Å². The molecule has 0 spiro atoms. The van der Waals surface area contributed by atoms with Gasteiger partial charge >= 0.3 is 0 Å². The number of rotatable bonds is 5. The van der Waals surface area contributed by atoms with Crippen LogP contribution in [0.4, 0.5) is 11.9 Å². The van der Waals surface area contributed by atoms with Gasteiger partial charge in [-0.05, 0) is 12.3 Å². The molecule has 1 aliphatic carbocycles. The van der Waals surface area contributed by atoms with E-state index in [0.717, 1.165) is 18.9 Å². The van der Waals surface area contributed by atoms with Crippen molar-refractivity contribution < 1.29 is 0 Å². The van der Waals surface area contributed by atoms with Crippen LogP contribution in [0.15, 0.2) is 12.7 Å². The van der Waals surface area contributed by atoms with E-state index in [9.17, 15) is 0 Å². The van der Waals surface area contributed by atoms with Gasteiger partial charge in [-0.2, -0.15) is 24.7 Å². The molecule has 1 aliphatic rings. The summed E-state index contributed by atoms with van der Waals surface area (Å²) in [5.74, 6) is 1.87. The lowest BCUT2D eigenvalue weighted by atomic mass is 10.0. The quantitative estimate of drug-likeness (QED) is 0.838. The number of anilines is 2. The van der Waals surface area contributed by atoms with Gasteiger partial charge in [-0.25, -0.2) is 4.98 Å². The molecule has 2 heterocycles. The van der Waals surface area contributed by atoms with Crippen molar-refractivity contribution in [2.24, 2.45) is 5.92 Å². The SMILES string of the molecule is Nc1nc(NCCC2CCCC2)nc(-n2cncn2)n1. The highest BCUT2D eigenvalue weighted by Crippen LogP contribution is 2.27. The van der Waals surface area contributed by atoms with Crippen LogP contribution in [0.2, 0.25) is 0 Å². The molecule has 0 saturated heterocycles. The van der Waals surface area contributed by atoms with Crippen LogP contribution < -0.4 is 11.1 Å². The number of nitrogens with zero attached hydrogens (tertiary/aromatic N) is 6. The molecule has 0 aliphatic heterocycles. The Balaban J connectivity index is 1.63. The summed E-state index contributed by atoms with van der Waals surface area (Å²) in [6.07, 6.45) is 9.49. The Morgan fingerprint density at radius 1 is 1.25 bits per heavy atom. The molecule has 1 fully saturated rings. The molecule has 0 unspecified atom stereocenters. The lowest BCUT2D eigenvalue weighted by Gasteiger charge is -2.10. The van der Waals surface area contributed by atoms with Gasteiger partial charge in [0, 0.05) is 6.54 Å². The Hall–Kier alpha value is -2.25. The Bertz CT molecular complexity index is 547. The summed E-state index contributed by atoms with van der Waals surface area (Å²) in [6, 6.07) is 0. The highest BCUT2D eigenvalue weighted by Gasteiger charge is 2.14. The zero-order valence-electron chi connectivity index (χ0n) is 11.2. The predicted molar refractivity (Wildman–Crippen MR) is 74.2 cm³/mol. The van der Waals surface area contributed by atoms with Gasteiger partial charge < -0.3 is 11.1 Å². The van der Waals surface area contributed by atoms with Crippen LogP contribution in [-0.2, 0) is 0 Å². The summed E-state index contributed by atoms with van der Waals surface area (Å²) in [4.78, 5) is 16.3. The van der Waals surface area contributed by atoms with Crippen molar-refractivity contribution in [2.75, 3.05) is 17.6 Å². The first-order chi connectivity index (χ1) is 9.81. The number of nitrogens with one attached hydrogen (secondary N) is 1. The van der Waals surface area contributed by atoms with Gasteiger partial charge in [0.1, 0.15) is 12.7 Å². The van der Waals surface area contributed by atoms with E-state index in [1.807, 2.05) is 0 Å². The minimum atomic E-state index is 0.175. The second-order valence-electron chi connectivity index (χ2n) is 5.02. The molecule has 0 radical (unpaired) electrons. The van der Waals surface area contributed by atoms with Gasteiger partial charge in [0.15, 0.2) is 0 Å². The monoisotopic (exact) mass is 274 g/mol. The fourth-order valence-corrected chi connectivity index (χ4v) is 2.56. The van der Waals surface area contributed by atoms with Gasteiger partial charge in [-0.15, -0.1) is 0 Å². The maximum Gasteiger partial charge on any atom is 0.258 e. The minimum absolute atomic E-state index is 0.175. The van der Waals surface area contributed by atoms with E-state index >= 15 is 0 Å². The van der Waals surface area contributed by atoms with Gasteiger partial charge in [-0.1, -0.05) is 25.7 Å². The topological polar surface area (TPSA) is 107 Å². The molecular weight excluding hydrogens is 256 g/mol. The molecule has 20 heavy (non-hydrogen) atoms. The van der Waals surface area contributed by atoms with Crippen LogP contribution in [-0.4, -0.2) is 36.3 Å². The molecule has 8 nitrogen and oxygen atoms in total. The van der Waals surface area contributed by atoms with Gasteiger partial charge in [0.25, 0.3) is 5.95 Å². The maximum absolute atomic E-state index is 5.70. The summed E-state index contributed by atoms with van der Waals surface area (Å²) in [5, 5.41) is 7.19. The van der Waals surface area contributed by atoms with Crippen molar-refractivity contribution in [2.45, 2.75) is 32.1 Å². The van der Waals surface area contributed by atoms with E-state index in [0.29, 0.717) is 11.9 Å². The molecule has 8 heteroatoms. The smallest absolute Gasteiger partial charge is 0.258 e. The highest BCUT2D eigenvalue weighted by molar-refractivity contribution is 5.34. The Kier molecular flexibility index (Phi) is 3.71. The molecule has 2 aromatic rings. The van der Waals surface area contributed by atoms with Crippen LogP contribution in [0.1, 0.15) is 32.1 Å². The van der Waals surface area contributed by atoms with Gasteiger partial charge in [-0.3, -0.25) is 0 Å². The predicted octanol–water partition coefficient (Wildman–Crippen LogP) is 1.03. The normalized spacial score (nSPS) is 15.6. The molecule has 0 bridgehead atoms. The van der Waals surface area contributed by atoms with Crippen molar-refractivity contribution >= 4 is 11.9 Å². The van der Waals surface area contributed by atoms with E-state index in [4.69, 9.17) is 5.73 Å². The summed E-state index contributed by atoms with van der Waals surface area (Å²) in [7, 11) is 0. The summed E-state index contributed by atoms with van der Waals surface area (Å²) >= 11 is 0. The van der Waals surface area contributed by atoms with Crippen molar-refractivity contribution in [3.05, 3.63) is 12.7 Å². The second kappa shape index (κ2) is 5.81. The van der Waals surface area contributed by atoms with Crippen LogP contribution in [0.3, 0.4) is 0 Å². The first-order valence-corrected chi connectivity index (χ1v) is 6.92. The summed E-state index contributed by atoms with van der Waals surface area (Å²) < 4.78 is 1.46. The number of hydrogen-bond donors (Lipinski definition) is 2. The maximum atomic E-state index is 5.70. The average molecular weight is 274 g/mol. The molecule has 3 N–H and O–H groups in total. The molecule has 1 saturated carbocycles. The first kappa shape index (κ1) is 12.8. The highest BCUT2D eigenvalue weighted by atomic mass is 15.4. The third kappa shape index (κ3) is 3.01. The van der Waals surface area contributed by atoms with E-state index in [2.05, 4.69) is 30.4 Å².